The summed E-state index contributed by atoms with van der Waals surface area (Å²) in [5, 5.41) is 3.52. The third kappa shape index (κ3) is 5.65. The average Bonchev–Trinajstić information content (AvgIpc) is 2.38. The first-order valence-corrected chi connectivity index (χ1v) is 7.12. The van der Waals surface area contributed by atoms with Crippen LogP contribution in [-0.2, 0) is 0 Å². The number of nitrogens with two attached hydrogens (primary N) is 1. The Hall–Kier alpha value is -0.860. The highest BCUT2D eigenvalue weighted by Gasteiger charge is 2.07. The van der Waals surface area contributed by atoms with Gasteiger partial charge >= 0.3 is 0 Å². The minimum atomic E-state index is 0.176. The summed E-state index contributed by atoms with van der Waals surface area (Å²) in [4.78, 5) is 0. The Morgan fingerprint density at radius 3 is 2.39 bits per heavy atom. The van der Waals surface area contributed by atoms with Crippen LogP contribution in [0.4, 0.5) is 0 Å². The first-order valence-electron chi connectivity index (χ1n) is 7.12. The predicted octanol–water partition coefficient (Wildman–Crippen LogP) is 3.35. The van der Waals surface area contributed by atoms with Crippen LogP contribution < -0.4 is 11.1 Å². The first-order chi connectivity index (χ1) is 8.61. The average molecular weight is 248 g/mol. The van der Waals surface area contributed by atoms with Crippen molar-refractivity contribution in [1.29, 1.82) is 0 Å². The van der Waals surface area contributed by atoms with Crippen LogP contribution in [0.5, 0.6) is 0 Å². The van der Waals surface area contributed by atoms with Gasteiger partial charge in [0.25, 0.3) is 0 Å². The lowest BCUT2D eigenvalue weighted by molar-refractivity contribution is 0.389. The maximum atomic E-state index is 6.16. The van der Waals surface area contributed by atoms with E-state index in [1.807, 2.05) is 6.07 Å². The van der Waals surface area contributed by atoms with Crippen LogP contribution in [0.25, 0.3) is 0 Å². The van der Waals surface area contributed by atoms with Gasteiger partial charge in [-0.05, 0) is 43.3 Å². The SMILES string of the molecule is CC(C)C(C)CNCCCC(N)c1ccccc1. The van der Waals surface area contributed by atoms with Gasteiger partial charge in [-0.3, -0.25) is 0 Å². The largest absolute Gasteiger partial charge is 0.324 e. The molecule has 1 rings (SSSR count). The molecule has 0 bridgehead atoms. The van der Waals surface area contributed by atoms with Gasteiger partial charge in [-0.2, -0.15) is 0 Å². The molecule has 3 N–H and O–H groups in total. The maximum absolute atomic E-state index is 6.16. The molecule has 2 heteroatoms. The van der Waals surface area contributed by atoms with Crippen LogP contribution in [-0.4, -0.2) is 13.1 Å². The van der Waals surface area contributed by atoms with Crippen molar-refractivity contribution in [1.82, 2.24) is 5.32 Å². The van der Waals surface area contributed by atoms with E-state index in [-0.39, 0.29) is 6.04 Å². The van der Waals surface area contributed by atoms with Crippen molar-refractivity contribution in [2.45, 2.75) is 39.7 Å². The molecule has 0 heterocycles. The fourth-order valence-electron chi connectivity index (χ4n) is 1.88. The van der Waals surface area contributed by atoms with Gasteiger partial charge in [-0.25, -0.2) is 0 Å². The molecular weight excluding hydrogens is 220 g/mol. The smallest absolute Gasteiger partial charge is 0.0295 e. The van der Waals surface area contributed by atoms with E-state index in [1.165, 1.54) is 5.56 Å². The Morgan fingerprint density at radius 2 is 1.78 bits per heavy atom. The van der Waals surface area contributed by atoms with Crippen LogP contribution in [0.2, 0.25) is 0 Å². The van der Waals surface area contributed by atoms with Gasteiger partial charge < -0.3 is 11.1 Å². The van der Waals surface area contributed by atoms with Gasteiger partial charge in [-0.15, -0.1) is 0 Å². The summed E-state index contributed by atoms with van der Waals surface area (Å²) in [6, 6.07) is 10.5. The summed E-state index contributed by atoms with van der Waals surface area (Å²) >= 11 is 0. The molecule has 2 unspecified atom stereocenters. The second-order valence-electron chi connectivity index (χ2n) is 5.58. The van der Waals surface area contributed by atoms with Gasteiger partial charge in [0.1, 0.15) is 0 Å². The monoisotopic (exact) mass is 248 g/mol. The van der Waals surface area contributed by atoms with Crippen molar-refractivity contribution >= 4 is 0 Å². The normalized spacial score (nSPS) is 14.7. The summed E-state index contributed by atoms with van der Waals surface area (Å²) in [6.45, 7) is 9.03. The number of nitrogens with one attached hydrogen (secondary N) is 1. The Labute approximate surface area is 112 Å². The Morgan fingerprint density at radius 1 is 1.11 bits per heavy atom. The Bertz CT molecular complexity index is 308. The molecule has 0 aliphatic rings. The van der Waals surface area contributed by atoms with E-state index in [0.717, 1.165) is 37.8 Å². The second-order valence-corrected chi connectivity index (χ2v) is 5.58. The van der Waals surface area contributed by atoms with E-state index in [4.69, 9.17) is 5.73 Å². The predicted molar refractivity (Wildman–Crippen MR) is 79.5 cm³/mol. The van der Waals surface area contributed by atoms with Crippen molar-refractivity contribution in [2.24, 2.45) is 17.6 Å². The highest BCUT2D eigenvalue weighted by Crippen LogP contribution is 2.14. The van der Waals surface area contributed by atoms with E-state index in [9.17, 15) is 0 Å². The van der Waals surface area contributed by atoms with Crippen molar-refractivity contribution in [2.75, 3.05) is 13.1 Å². The third-order valence-electron chi connectivity index (χ3n) is 3.70. The molecule has 1 aromatic carbocycles. The Kier molecular flexibility index (Phi) is 6.99. The molecule has 0 spiro atoms. The molecule has 18 heavy (non-hydrogen) atoms. The zero-order valence-corrected chi connectivity index (χ0v) is 12.0. The molecule has 0 saturated carbocycles. The molecule has 0 aliphatic carbocycles. The van der Waals surface area contributed by atoms with Crippen molar-refractivity contribution in [3.8, 4) is 0 Å². The van der Waals surface area contributed by atoms with Crippen LogP contribution in [0.3, 0.4) is 0 Å². The summed E-state index contributed by atoms with van der Waals surface area (Å²) < 4.78 is 0. The number of rotatable bonds is 8. The molecule has 0 amide bonds. The lowest BCUT2D eigenvalue weighted by Crippen LogP contribution is -2.25. The maximum Gasteiger partial charge on any atom is 0.0295 e. The number of hydrogen-bond acceptors (Lipinski definition) is 2. The summed E-state index contributed by atoms with van der Waals surface area (Å²) in [6.07, 6.45) is 2.19. The van der Waals surface area contributed by atoms with E-state index < -0.39 is 0 Å². The van der Waals surface area contributed by atoms with Gasteiger partial charge in [0.2, 0.25) is 0 Å². The quantitative estimate of drug-likeness (QED) is 0.692. The molecule has 0 aromatic heterocycles. The van der Waals surface area contributed by atoms with Crippen molar-refractivity contribution in [3.05, 3.63) is 35.9 Å². The van der Waals surface area contributed by atoms with Gasteiger partial charge in [-0.1, -0.05) is 51.1 Å². The lowest BCUT2D eigenvalue weighted by atomic mass is 9.98. The molecule has 0 aliphatic heterocycles. The highest BCUT2D eigenvalue weighted by atomic mass is 14.9. The lowest BCUT2D eigenvalue weighted by Gasteiger charge is -2.17. The molecule has 2 atom stereocenters. The second kappa shape index (κ2) is 8.28. The van der Waals surface area contributed by atoms with E-state index in [1.54, 1.807) is 0 Å². The van der Waals surface area contributed by atoms with Crippen LogP contribution in [0, 0.1) is 11.8 Å². The van der Waals surface area contributed by atoms with Crippen molar-refractivity contribution in [3.63, 3.8) is 0 Å². The first kappa shape index (κ1) is 15.2. The molecule has 0 radical (unpaired) electrons. The fraction of sp³-hybridized carbons (Fsp3) is 0.625. The minimum Gasteiger partial charge on any atom is -0.324 e. The van der Waals surface area contributed by atoms with E-state index in [0.29, 0.717) is 0 Å². The molecule has 2 nitrogen and oxygen atoms in total. The highest BCUT2D eigenvalue weighted by molar-refractivity contribution is 5.18. The van der Waals surface area contributed by atoms with E-state index in [2.05, 4.69) is 50.4 Å². The standard InChI is InChI=1S/C16H28N2/c1-13(2)14(3)12-18-11-7-10-16(17)15-8-5-4-6-9-15/h4-6,8-9,13-14,16,18H,7,10-12,17H2,1-3H3. The molecule has 102 valence electrons. The van der Waals surface area contributed by atoms with Crippen LogP contribution >= 0.6 is 0 Å². The molecule has 0 fully saturated rings. The number of hydrogen-bond donors (Lipinski definition) is 2. The van der Waals surface area contributed by atoms with Crippen LogP contribution in [0.15, 0.2) is 30.3 Å². The summed E-state index contributed by atoms with van der Waals surface area (Å²) in [5.41, 5.74) is 7.40. The van der Waals surface area contributed by atoms with E-state index >= 15 is 0 Å². The van der Waals surface area contributed by atoms with Crippen molar-refractivity contribution < 1.29 is 0 Å². The Balaban J connectivity index is 2.11. The molecule has 1 aromatic rings. The summed E-state index contributed by atoms with van der Waals surface area (Å²) in [7, 11) is 0. The minimum absolute atomic E-state index is 0.176. The fourth-order valence-corrected chi connectivity index (χ4v) is 1.88. The zero-order chi connectivity index (χ0) is 13.4. The molecular formula is C16H28N2. The summed E-state index contributed by atoms with van der Waals surface area (Å²) in [5.74, 6) is 1.50. The van der Waals surface area contributed by atoms with Gasteiger partial charge in [0, 0.05) is 6.04 Å². The topological polar surface area (TPSA) is 38.0 Å². The van der Waals surface area contributed by atoms with Crippen LogP contribution in [0.1, 0.15) is 45.2 Å². The van der Waals surface area contributed by atoms with Gasteiger partial charge in [0.05, 0.1) is 0 Å². The molecule has 0 saturated heterocycles. The number of benzene rings is 1. The van der Waals surface area contributed by atoms with Gasteiger partial charge in [0.15, 0.2) is 0 Å². The third-order valence-corrected chi connectivity index (χ3v) is 3.70. The zero-order valence-electron chi connectivity index (χ0n) is 12.0.